The van der Waals surface area contributed by atoms with E-state index in [1.807, 2.05) is 6.07 Å². The molecular formula is C15H10ClFN2O2. The van der Waals surface area contributed by atoms with Gasteiger partial charge in [-0.15, -0.1) is 0 Å². The second-order valence-electron chi connectivity index (χ2n) is 4.20. The van der Waals surface area contributed by atoms with Gasteiger partial charge >= 0.3 is 5.97 Å². The van der Waals surface area contributed by atoms with Crippen molar-refractivity contribution in [1.82, 2.24) is 0 Å². The van der Waals surface area contributed by atoms with E-state index in [2.05, 4.69) is 0 Å². The third-order valence-electron chi connectivity index (χ3n) is 2.81. The molecule has 21 heavy (non-hydrogen) atoms. The van der Waals surface area contributed by atoms with E-state index >= 15 is 0 Å². The number of nitrogens with zero attached hydrogens (tertiary/aromatic N) is 1. The van der Waals surface area contributed by atoms with Crippen LogP contribution in [0.1, 0.15) is 21.5 Å². The van der Waals surface area contributed by atoms with Gasteiger partial charge in [-0.05, 0) is 30.3 Å². The molecule has 0 aromatic heterocycles. The monoisotopic (exact) mass is 304 g/mol. The molecule has 0 aliphatic rings. The highest BCUT2D eigenvalue weighted by molar-refractivity contribution is 6.33. The van der Waals surface area contributed by atoms with Crippen LogP contribution < -0.4 is 5.73 Å². The van der Waals surface area contributed by atoms with Gasteiger partial charge in [0.2, 0.25) is 0 Å². The Bertz CT molecular complexity index is 741. The molecule has 0 radical (unpaired) electrons. The topological polar surface area (TPSA) is 76.1 Å². The van der Waals surface area contributed by atoms with Crippen molar-refractivity contribution in [2.24, 2.45) is 0 Å². The van der Waals surface area contributed by atoms with Crippen molar-refractivity contribution < 1.29 is 13.9 Å². The van der Waals surface area contributed by atoms with Crippen molar-refractivity contribution in [2.75, 3.05) is 5.73 Å². The van der Waals surface area contributed by atoms with Crippen molar-refractivity contribution >= 4 is 23.3 Å². The number of ether oxygens (including phenoxy) is 1. The van der Waals surface area contributed by atoms with Gasteiger partial charge in [0.15, 0.2) is 0 Å². The van der Waals surface area contributed by atoms with Crippen molar-refractivity contribution in [1.29, 1.82) is 5.26 Å². The molecule has 0 aliphatic heterocycles. The largest absolute Gasteiger partial charge is 0.457 e. The summed E-state index contributed by atoms with van der Waals surface area (Å²) in [5, 5.41) is 9.00. The Morgan fingerprint density at radius 3 is 2.86 bits per heavy atom. The first kappa shape index (κ1) is 14.8. The van der Waals surface area contributed by atoms with Crippen LogP contribution in [0.2, 0.25) is 5.02 Å². The lowest BCUT2D eigenvalue weighted by Crippen LogP contribution is -2.09. The maximum absolute atomic E-state index is 13.6. The standard InChI is InChI=1S/C15H10ClFN2O2/c16-12-3-1-2-11(14(12)19)15(20)21-8-10-6-9(7-18)4-5-13(10)17/h1-6H,8,19H2. The average Bonchev–Trinajstić information content (AvgIpc) is 2.49. The third-order valence-corrected chi connectivity index (χ3v) is 3.14. The average molecular weight is 305 g/mol. The maximum Gasteiger partial charge on any atom is 0.340 e. The molecule has 4 nitrogen and oxygen atoms in total. The van der Waals surface area contributed by atoms with E-state index in [9.17, 15) is 9.18 Å². The summed E-state index contributed by atoms with van der Waals surface area (Å²) >= 11 is 5.81. The lowest BCUT2D eigenvalue weighted by Gasteiger charge is -2.08. The number of para-hydroxylation sites is 1. The Hall–Kier alpha value is -2.58. The van der Waals surface area contributed by atoms with E-state index in [1.54, 1.807) is 12.1 Å². The van der Waals surface area contributed by atoms with Crippen molar-refractivity contribution in [2.45, 2.75) is 6.61 Å². The lowest BCUT2D eigenvalue weighted by atomic mass is 10.1. The first-order valence-corrected chi connectivity index (χ1v) is 6.30. The number of nitrogen functional groups attached to an aromatic ring is 1. The fourth-order valence-electron chi connectivity index (χ4n) is 1.69. The zero-order valence-electron chi connectivity index (χ0n) is 10.8. The summed E-state index contributed by atoms with van der Waals surface area (Å²) in [4.78, 5) is 11.9. The van der Waals surface area contributed by atoms with Crippen LogP contribution in [0.5, 0.6) is 0 Å². The van der Waals surface area contributed by atoms with Crippen LogP contribution >= 0.6 is 11.6 Å². The lowest BCUT2D eigenvalue weighted by molar-refractivity contribution is 0.0470. The van der Waals surface area contributed by atoms with E-state index < -0.39 is 11.8 Å². The first-order valence-electron chi connectivity index (χ1n) is 5.92. The smallest absolute Gasteiger partial charge is 0.340 e. The Morgan fingerprint density at radius 2 is 2.14 bits per heavy atom. The van der Waals surface area contributed by atoms with E-state index in [-0.39, 0.29) is 34.0 Å². The van der Waals surface area contributed by atoms with Crippen LogP contribution in [-0.4, -0.2) is 5.97 Å². The molecule has 0 aliphatic carbocycles. The van der Waals surface area contributed by atoms with E-state index in [1.165, 1.54) is 18.2 Å². The fraction of sp³-hybridized carbons (Fsp3) is 0.0667. The molecule has 0 atom stereocenters. The molecule has 6 heteroatoms. The molecule has 2 N–H and O–H groups in total. The van der Waals surface area contributed by atoms with Gasteiger partial charge < -0.3 is 10.5 Å². The summed E-state index contributed by atoms with van der Waals surface area (Å²) in [5.74, 6) is -1.27. The predicted molar refractivity (Wildman–Crippen MR) is 76.1 cm³/mol. The van der Waals surface area contributed by atoms with Crippen LogP contribution in [0.15, 0.2) is 36.4 Å². The normalized spacial score (nSPS) is 9.95. The van der Waals surface area contributed by atoms with E-state index in [0.717, 1.165) is 6.07 Å². The number of nitriles is 1. The van der Waals surface area contributed by atoms with Crippen LogP contribution in [0.25, 0.3) is 0 Å². The molecular weight excluding hydrogens is 295 g/mol. The molecule has 0 heterocycles. The number of hydrogen-bond acceptors (Lipinski definition) is 4. The summed E-state index contributed by atoms with van der Waals surface area (Å²) < 4.78 is 18.6. The van der Waals surface area contributed by atoms with Gasteiger partial charge in [-0.25, -0.2) is 9.18 Å². The molecule has 2 aromatic rings. The van der Waals surface area contributed by atoms with Crippen molar-refractivity contribution in [3.63, 3.8) is 0 Å². The summed E-state index contributed by atoms with van der Waals surface area (Å²) in [6.45, 7) is -0.299. The number of nitrogens with two attached hydrogens (primary N) is 1. The Kier molecular flexibility index (Phi) is 4.41. The van der Waals surface area contributed by atoms with Gasteiger partial charge in [-0.2, -0.15) is 5.26 Å². The molecule has 0 saturated carbocycles. The molecule has 2 rings (SSSR count). The van der Waals surface area contributed by atoms with Gasteiger partial charge in [-0.1, -0.05) is 17.7 Å². The molecule has 2 aromatic carbocycles. The Labute approximate surface area is 125 Å². The number of carbonyl (C=O) groups excluding carboxylic acids is 1. The molecule has 0 bridgehead atoms. The van der Waals surface area contributed by atoms with Crippen LogP contribution in [0, 0.1) is 17.1 Å². The van der Waals surface area contributed by atoms with Gasteiger partial charge in [0.1, 0.15) is 12.4 Å². The summed E-state index contributed by atoms with van der Waals surface area (Å²) in [7, 11) is 0. The van der Waals surface area contributed by atoms with Crippen molar-refractivity contribution in [3.8, 4) is 6.07 Å². The summed E-state index contributed by atoms with van der Waals surface area (Å²) in [5.41, 5.74) is 6.29. The van der Waals surface area contributed by atoms with Gasteiger partial charge in [-0.3, -0.25) is 0 Å². The van der Waals surface area contributed by atoms with E-state index in [4.69, 9.17) is 27.3 Å². The molecule has 0 amide bonds. The molecule has 0 fully saturated rings. The number of rotatable bonds is 3. The number of esters is 1. The quantitative estimate of drug-likeness (QED) is 0.697. The van der Waals surface area contributed by atoms with Crippen LogP contribution in [0.3, 0.4) is 0 Å². The van der Waals surface area contributed by atoms with Gasteiger partial charge in [0.05, 0.1) is 27.9 Å². The minimum Gasteiger partial charge on any atom is -0.457 e. The van der Waals surface area contributed by atoms with Crippen LogP contribution in [-0.2, 0) is 11.3 Å². The summed E-state index contributed by atoms with van der Waals surface area (Å²) in [6, 6.07) is 10.3. The number of halogens is 2. The minimum absolute atomic E-state index is 0.107. The number of anilines is 1. The zero-order chi connectivity index (χ0) is 15.4. The fourth-order valence-corrected chi connectivity index (χ4v) is 1.87. The number of hydrogen-bond donors (Lipinski definition) is 1. The van der Waals surface area contributed by atoms with Gasteiger partial charge in [0, 0.05) is 5.56 Å². The number of carbonyl (C=O) groups is 1. The SMILES string of the molecule is N#Cc1ccc(F)c(COC(=O)c2cccc(Cl)c2N)c1. The Balaban J connectivity index is 2.15. The highest BCUT2D eigenvalue weighted by atomic mass is 35.5. The van der Waals surface area contributed by atoms with Crippen molar-refractivity contribution in [3.05, 3.63) is 63.9 Å². The first-order chi connectivity index (χ1) is 10.0. The van der Waals surface area contributed by atoms with E-state index in [0.29, 0.717) is 0 Å². The molecule has 0 unspecified atom stereocenters. The maximum atomic E-state index is 13.6. The predicted octanol–water partition coefficient (Wildman–Crippen LogP) is 3.29. The third kappa shape index (κ3) is 3.30. The highest BCUT2D eigenvalue weighted by Crippen LogP contribution is 2.23. The Morgan fingerprint density at radius 1 is 1.38 bits per heavy atom. The number of benzene rings is 2. The molecule has 0 spiro atoms. The zero-order valence-corrected chi connectivity index (χ0v) is 11.5. The molecule has 106 valence electrons. The summed E-state index contributed by atoms with van der Waals surface area (Å²) in [6.07, 6.45) is 0. The second-order valence-corrected chi connectivity index (χ2v) is 4.60. The minimum atomic E-state index is -0.711. The van der Waals surface area contributed by atoms with Gasteiger partial charge in [0.25, 0.3) is 0 Å². The van der Waals surface area contributed by atoms with Crippen LogP contribution in [0.4, 0.5) is 10.1 Å². The second kappa shape index (κ2) is 6.25. The molecule has 0 saturated heterocycles. The highest BCUT2D eigenvalue weighted by Gasteiger charge is 2.14.